The van der Waals surface area contributed by atoms with Crippen molar-refractivity contribution in [2.24, 2.45) is 7.05 Å². The van der Waals surface area contributed by atoms with Gasteiger partial charge in [0.1, 0.15) is 0 Å². The maximum absolute atomic E-state index is 5.11. The molecule has 1 aliphatic heterocycles. The van der Waals surface area contributed by atoms with Crippen LogP contribution in [0.4, 0.5) is 0 Å². The molecule has 1 aromatic heterocycles. The summed E-state index contributed by atoms with van der Waals surface area (Å²) in [6, 6.07) is 0. The lowest BCUT2D eigenvalue weighted by Gasteiger charge is -2.26. The van der Waals surface area contributed by atoms with Crippen LogP contribution >= 0.6 is 15.9 Å². The summed E-state index contributed by atoms with van der Waals surface area (Å²) in [4.78, 5) is 0. The van der Waals surface area contributed by atoms with E-state index >= 15 is 0 Å². The van der Waals surface area contributed by atoms with Gasteiger partial charge < -0.3 is 4.74 Å². The summed E-state index contributed by atoms with van der Waals surface area (Å²) in [5, 5.41) is 4.13. The van der Waals surface area contributed by atoms with Gasteiger partial charge in [0.2, 0.25) is 0 Å². The highest BCUT2D eigenvalue weighted by Crippen LogP contribution is 2.29. The summed E-state index contributed by atoms with van der Waals surface area (Å²) in [5.74, 6) is 0.539. The van der Waals surface area contributed by atoms with Crippen molar-refractivity contribution in [3.63, 3.8) is 0 Å². The molecule has 1 fully saturated rings. The molecule has 0 N–H and O–H groups in total. The number of rotatable bonds is 1. The van der Waals surface area contributed by atoms with Crippen LogP contribution < -0.4 is 0 Å². The van der Waals surface area contributed by atoms with E-state index in [1.807, 2.05) is 17.9 Å². The van der Waals surface area contributed by atoms with Crippen LogP contribution in [-0.4, -0.2) is 23.0 Å². The van der Waals surface area contributed by atoms with Gasteiger partial charge in [-0.25, -0.2) is 0 Å². The first-order chi connectivity index (χ1) is 5.29. The van der Waals surface area contributed by atoms with E-state index in [9.17, 15) is 0 Å². The lowest BCUT2D eigenvalue weighted by Crippen LogP contribution is -2.27. The lowest BCUT2D eigenvalue weighted by molar-refractivity contribution is 0.00494. The van der Waals surface area contributed by atoms with Crippen molar-refractivity contribution in [1.29, 1.82) is 0 Å². The monoisotopic (exact) mass is 216 g/mol. The summed E-state index contributed by atoms with van der Waals surface area (Å²) in [6.45, 7) is 1.66. The minimum absolute atomic E-state index is 0.539. The van der Waals surface area contributed by atoms with E-state index in [0.717, 1.165) is 17.7 Å². The molecule has 11 heavy (non-hydrogen) atoms. The molecule has 0 aromatic carbocycles. The van der Waals surface area contributed by atoms with Crippen molar-refractivity contribution in [3.05, 3.63) is 16.4 Å². The van der Waals surface area contributed by atoms with Gasteiger partial charge in [-0.15, -0.1) is 0 Å². The number of aryl methyl sites for hydroxylation is 1. The highest BCUT2D eigenvalue weighted by atomic mass is 79.9. The van der Waals surface area contributed by atoms with E-state index in [1.54, 1.807) is 0 Å². The molecule has 1 saturated heterocycles. The van der Waals surface area contributed by atoms with Gasteiger partial charge in [-0.2, -0.15) is 5.10 Å². The van der Waals surface area contributed by atoms with E-state index in [1.165, 1.54) is 5.69 Å². The third-order valence-electron chi connectivity index (χ3n) is 1.96. The molecule has 0 amide bonds. The van der Waals surface area contributed by atoms with Gasteiger partial charge in [0.05, 0.1) is 29.6 Å². The van der Waals surface area contributed by atoms with Crippen LogP contribution in [0.3, 0.4) is 0 Å². The van der Waals surface area contributed by atoms with Crippen molar-refractivity contribution in [1.82, 2.24) is 9.78 Å². The number of hydrogen-bond donors (Lipinski definition) is 0. The van der Waals surface area contributed by atoms with E-state index in [0.29, 0.717) is 5.92 Å². The Labute approximate surface area is 73.5 Å². The predicted octanol–water partition coefficient (Wildman–Crippen LogP) is 1.30. The number of ether oxygens (including phenoxy) is 1. The molecule has 0 aliphatic carbocycles. The van der Waals surface area contributed by atoms with Crippen LogP contribution in [0.15, 0.2) is 10.7 Å². The van der Waals surface area contributed by atoms with Crippen molar-refractivity contribution < 1.29 is 4.74 Å². The molecule has 0 radical (unpaired) electrons. The van der Waals surface area contributed by atoms with Crippen LogP contribution in [0.2, 0.25) is 0 Å². The molecule has 0 unspecified atom stereocenters. The van der Waals surface area contributed by atoms with E-state index in [2.05, 4.69) is 21.0 Å². The Morgan fingerprint density at radius 3 is 2.82 bits per heavy atom. The van der Waals surface area contributed by atoms with Gasteiger partial charge in [0, 0.05) is 13.0 Å². The van der Waals surface area contributed by atoms with Gasteiger partial charge >= 0.3 is 0 Å². The van der Waals surface area contributed by atoms with Crippen LogP contribution in [0.1, 0.15) is 11.6 Å². The van der Waals surface area contributed by atoms with E-state index < -0.39 is 0 Å². The smallest absolute Gasteiger partial charge is 0.0635 e. The second-order valence-electron chi connectivity index (χ2n) is 2.74. The molecule has 1 aliphatic rings. The summed E-state index contributed by atoms with van der Waals surface area (Å²) in [7, 11) is 1.96. The van der Waals surface area contributed by atoms with Crippen molar-refractivity contribution in [3.8, 4) is 0 Å². The van der Waals surface area contributed by atoms with Crippen molar-refractivity contribution in [2.45, 2.75) is 5.92 Å². The summed E-state index contributed by atoms with van der Waals surface area (Å²) < 4.78 is 8.10. The minimum Gasteiger partial charge on any atom is -0.380 e. The molecule has 0 bridgehead atoms. The SMILES string of the molecule is Cn1ncc(Br)c1C1COC1. The first-order valence-electron chi connectivity index (χ1n) is 3.54. The molecular weight excluding hydrogens is 208 g/mol. The fraction of sp³-hybridized carbons (Fsp3) is 0.571. The zero-order chi connectivity index (χ0) is 7.84. The third kappa shape index (κ3) is 1.10. The first kappa shape index (κ1) is 7.31. The predicted molar refractivity (Wildman–Crippen MR) is 44.5 cm³/mol. The Hall–Kier alpha value is -0.350. The second-order valence-corrected chi connectivity index (χ2v) is 3.59. The largest absolute Gasteiger partial charge is 0.380 e. The fourth-order valence-electron chi connectivity index (χ4n) is 1.27. The Kier molecular flexibility index (Phi) is 1.73. The molecular formula is C7H9BrN2O. The average molecular weight is 217 g/mol. The number of hydrogen-bond acceptors (Lipinski definition) is 2. The maximum atomic E-state index is 5.11. The Morgan fingerprint density at radius 2 is 2.45 bits per heavy atom. The molecule has 60 valence electrons. The van der Waals surface area contributed by atoms with Gasteiger partial charge in [-0.3, -0.25) is 4.68 Å². The standard InChI is InChI=1S/C7H9BrN2O/c1-10-7(5-3-11-4-5)6(8)2-9-10/h2,5H,3-4H2,1H3. The van der Waals surface area contributed by atoms with Crippen LogP contribution in [0.25, 0.3) is 0 Å². The first-order valence-corrected chi connectivity index (χ1v) is 4.33. The molecule has 2 rings (SSSR count). The highest BCUT2D eigenvalue weighted by Gasteiger charge is 2.25. The topological polar surface area (TPSA) is 27.1 Å². The number of aromatic nitrogens is 2. The van der Waals surface area contributed by atoms with Crippen molar-refractivity contribution >= 4 is 15.9 Å². The molecule has 0 atom stereocenters. The molecule has 1 aromatic rings. The Balaban J connectivity index is 2.33. The van der Waals surface area contributed by atoms with Gasteiger partial charge in [-0.05, 0) is 15.9 Å². The number of halogens is 1. The summed E-state index contributed by atoms with van der Waals surface area (Å²) in [5.41, 5.74) is 1.25. The second kappa shape index (κ2) is 2.60. The molecule has 2 heterocycles. The third-order valence-corrected chi connectivity index (χ3v) is 2.57. The summed E-state index contributed by atoms with van der Waals surface area (Å²) >= 11 is 3.45. The van der Waals surface area contributed by atoms with Gasteiger partial charge in [0.25, 0.3) is 0 Å². The maximum Gasteiger partial charge on any atom is 0.0635 e. The van der Waals surface area contributed by atoms with Crippen molar-refractivity contribution in [2.75, 3.05) is 13.2 Å². The normalized spacial score (nSPS) is 18.4. The van der Waals surface area contributed by atoms with E-state index in [4.69, 9.17) is 4.74 Å². The van der Waals surface area contributed by atoms with Crippen LogP contribution in [-0.2, 0) is 11.8 Å². The molecule has 0 spiro atoms. The quantitative estimate of drug-likeness (QED) is 0.708. The van der Waals surface area contributed by atoms with E-state index in [-0.39, 0.29) is 0 Å². The minimum atomic E-state index is 0.539. The Bertz CT molecular complexity index is 248. The highest BCUT2D eigenvalue weighted by molar-refractivity contribution is 9.10. The zero-order valence-electron chi connectivity index (χ0n) is 6.25. The van der Waals surface area contributed by atoms with Crippen LogP contribution in [0.5, 0.6) is 0 Å². The average Bonchev–Trinajstić information content (AvgIpc) is 2.15. The Morgan fingerprint density at radius 1 is 1.73 bits per heavy atom. The molecule has 4 heteroatoms. The molecule has 0 saturated carbocycles. The van der Waals surface area contributed by atoms with Crippen LogP contribution in [0, 0.1) is 0 Å². The summed E-state index contributed by atoms with van der Waals surface area (Å²) in [6.07, 6.45) is 1.83. The lowest BCUT2D eigenvalue weighted by atomic mass is 10.0. The molecule has 3 nitrogen and oxygen atoms in total. The van der Waals surface area contributed by atoms with Gasteiger partial charge in [0.15, 0.2) is 0 Å². The number of nitrogens with zero attached hydrogens (tertiary/aromatic N) is 2. The zero-order valence-corrected chi connectivity index (χ0v) is 7.84. The fourth-order valence-corrected chi connectivity index (χ4v) is 1.94. The van der Waals surface area contributed by atoms with Gasteiger partial charge in [-0.1, -0.05) is 0 Å².